The average molecular weight is 361 g/mol. The van der Waals surface area contributed by atoms with E-state index in [0.717, 1.165) is 27.6 Å². The van der Waals surface area contributed by atoms with Crippen molar-refractivity contribution in [3.05, 3.63) is 36.1 Å². The van der Waals surface area contributed by atoms with Gasteiger partial charge in [0.25, 0.3) is 15.9 Å². The Balaban J connectivity index is 1.65. The average Bonchev–Trinajstić information content (AvgIpc) is 3.32. The van der Waals surface area contributed by atoms with Crippen LogP contribution >= 0.6 is 0 Å². The third-order valence-electron chi connectivity index (χ3n) is 3.93. The second-order valence-corrected chi connectivity index (χ2v) is 7.87. The molecule has 8 nitrogen and oxygen atoms in total. The van der Waals surface area contributed by atoms with Gasteiger partial charge in [-0.2, -0.15) is 4.98 Å². The van der Waals surface area contributed by atoms with Gasteiger partial charge in [0.15, 0.2) is 0 Å². The Morgan fingerprint density at radius 1 is 1.16 bits per heavy atom. The molecule has 0 N–H and O–H groups in total. The molecule has 0 fully saturated rings. The molecule has 0 amide bonds. The fourth-order valence-corrected chi connectivity index (χ4v) is 3.33. The van der Waals surface area contributed by atoms with E-state index in [-0.39, 0.29) is 11.0 Å². The van der Waals surface area contributed by atoms with Gasteiger partial charge in [-0.3, -0.25) is 0 Å². The Bertz CT molecular complexity index is 1040. The highest BCUT2D eigenvalue weighted by Gasteiger charge is 2.24. The van der Waals surface area contributed by atoms with E-state index >= 15 is 0 Å². The molecule has 0 saturated carbocycles. The molecule has 0 aliphatic carbocycles. The number of hydrogen-bond acceptors (Lipinski definition) is 7. The third-order valence-corrected chi connectivity index (χ3v) is 5.61. The number of rotatable bonds is 4. The molecule has 130 valence electrons. The molecule has 1 aliphatic heterocycles. The van der Waals surface area contributed by atoms with Crippen LogP contribution in [0.5, 0.6) is 5.75 Å². The van der Waals surface area contributed by atoms with Gasteiger partial charge in [0, 0.05) is 32.1 Å². The second kappa shape index (κ2) is 5.71. The van der Waals surface area contributed by atoms with Gasteiger partial charge in [0.05, 0.1) is 12.2 Å². The number of ether oxygens (including phenoxy) is 1. The molecule has 0 bridgehead atoms. The van der Waals surface area contributed by atoms with Crippen molar-refractivity contribution in [1.29, 1.82) is 0 Å². The molecular weight excluding hydrogens is 346 g/mol. The highest BCUT2D eigenvalue weighted by molar-refractivity contribution is 7.88. The van der Waals surface area contributed by atoms with Crippen molar-refractivity contribution in [3.63, 3.8) is 0 Å². The van der Waals surface area contributed by atoms with Crippen LogP contribution in [0.1, 0.15) is 5.56 Å². The van der Waals surface area contributed by atoms with E-state index in [4.69, 9.17) is 13.7 Å². The number of furan rings is 1. The third kappa shape index (κ3) is 2.71. The van der Waals surface area contributed by atoms with Crippen LogP contribution in [0.3, 0.4) is 0 Å². The van der Waals surface area contributed by atoms with Crippen LogP contribution in [0, 0.1) is 0 Å². The maximum Gasteiger partial charge on any atom is 0.275 e. The summed E-state index contributed by atoms with van der Waals surface area (Å²) in [5.74, 6) is 1.49. The van der Waals surface area contributed by atoms with Crippen molar-refractivity contribution in [1.82, 2.24) is 14.4 Å². The minimum Gasteiger partial charge on any atom is -0.493 e. The van der Waals surface area contributed by atoms with E-state index in [9.17, 15) is 8.42 Å². The Hall–Kier alpha value is -2.65. The maximum absolute atomic E-state index is 12.1. The van der Waals surface area contributed by atoms with Gasteiger partial charge >= 0.3 is 0 Å². The van der Waals surface area contributed by atoms with E-state index in [2.05, 4.69) is 10.1 Å². The zero-order valence-electron chi connectivity index (χ0n) is 13.6. The fourth-order valence-electron chi connectivity index (χ4n) is 2.53. The SMILES string of the molecule is CN(C)S(=O)(=O)c1cc(-c2nc(-c3ccc4c(c3)CCO4)no2)co1. The predicted octanol–water partition coefficient (Wildman–Crippen LogP) is 2.18. The normalized spacial score (nSPS) is 13.9. The Morgan fingerprint density at radius 2 is 2.00 bits per heavy atom. The van der Waals surface area contributed by atoms with Crippen molar-refractivity contribution in [3.8, 4) is 28.6 Å². The van der Waals surface area contributed by atoms with Crippen molar-refractivity contribution < 1.29 is 22.1 Å². The minimum absolute atomic E-state index is 0.179. The highest BCUT2D eigenvalue weighted by atomic mass is 32.2. The summed E-state index contributed by atoms with van der Waals surface area (Å²) in [6.45, 7) is 0.675. The number of fused-ring (bicyclic) bond motifs is 1. The van der Waals surface area contributed by atoms with Crippen LogP contribution in [0.4, 0.5) is 0 Å². The van der Waals surface area contributed by atoms with Gasteiger partial charge < -0.3 is 13.7 Å². The molecule has 0 saturated heterocycles. The van der Waals surface area contributed by atoms with Gasteiger partial charge in [-0.05, 0) is 23.8 Å². The molecule has 3 aromatic rings. The number of benzene rings is 1. The van der Waals surface area contributed by atoms with E-state index in [0.29, 0.717) is 18.0 Å². The van der Waals surface area contributed by atoms with E-state index in [1.54, 1.807) is 0 Å². The van der Waals surface area contributed by atoms with E-state index in [1.807, 2.05) is 18.2 Å². The lowest BCUT2D eigenvalue weighted by Crippen LogP contribution is -2.21. The first kappa shape index (κ1) is 15.9. The molecule has 9 heteroatoms. The van der Waals surface area contributed by atoms with Crippen molar-refractivity contribution in [2.45, 2.75) is 11.5 Å². The monoisotopic (exact) mass is 361 g/mol. The number of sulfonamides is 1. The smallest absolute Gasteiger partial charge is 0.275 e. The van der Waals surface area contributed by atoms with Gasteiger partial charge in [0.1, 0.15) is 12.0 Å². The van der Waals surface area contributed by atoms with Gasteiger partial charge in [-0.15, -0.1) is 0 Å². The lowest BCUT2D eigenvalue weighted by molar-refractivity contribution is 0.357. The summed E-state index contributed by atoms with van der Waals surface area (Å²) in [4.78, 5) is 4.33. The van der Waals surface area contributed by atoms with Crippen LogP contribution in [-0.4, -0.2) is 43.6 Å². The Labute approximate surface area is 144 Å². The lowest BCUT2D eigenvalue weighted by atomic mass is 10.1. The number of aromatic nitrogens is 2. The summed E-state index contributed by atoms with van der Waals surface area (Å²) in [6.07, 6.45) is 2.13. The number of hydrogen-bond donors (Lipinski definition) is 0. The Morgan fingerprint density at radius 3 is 2.80 bits per heavy atom. The predicted molar refractivity (Wildman–Crippen MR) is 87.5 cm³/mol. The van der Waals surface area contributed by atoms with Gasteiger partial charge in [-0.25, -0.2) is 12.7 Å². The molecule has 25 heavy (non-hydrogen) atoms. The topological polar surface area (TPSA) is 98.7 Å². The largest absolute Gasteiger partial charge is 0.493 e. The van der Waals surface area contributed by atoms with E-state index in [1.165, 1.54) is 26.4 Å². The van der Waals surface area contributed by atoms with Crippen LogP contribution in [0.2, 0.25) is 0 Å². The summed E-state index contributed by atoms with van der Waals surface area (Å²) in [7, 11) is -0.792. The molecular formula is C16H15N3O5S. The van der Waals surface area contributed by atoms with E-state index < -0.39 is 10.0 Å². The minimum atomic E-state index is -3.65. The van der Waals surface area contributed by atoms with Crippen molar-refractivity contribution >= 4 is 10.0 Å². The van der Waals surface area contributed by atoms with Gasteiger partial charge in [0.2, 0.25) is 10.9 Å². The molecule has 2 aromatic heterocycles. The molecule has 4 rings (SSSR count). The van der Waals surface area contributed by atoms with Crippen molar-refractivity contribution in [2.75, 3.05) is 20.7 Å². The standard InChI is InChI=1S/C16H15N3O5S/c1-19(2)25(20,21)14-8-12(9-23-14)16-17-15(18-24-16)11-3-4-13-10(7-11)5-6-22-13/h3-4,7-9H,5-6H2,1-2H3. The molecule has 0 spiro atoms. The number of nitrogens with zero attached hydrogens (tertiary/aromatic N) is 3. The zero-order chi connectivity index (χ0) is 17.6. The van der Waals surface area contributed by atoms with Crippen LogP contribution in [0.25, 0.3) is 22.8 Å². The van der Waals surface area contributed by atoms with Crippen molar-refractivity contribution in [2.24, 2.45) is 0 Å². The van der Waals surface area contributed by atoms with Crippen LogP contribution in [-0.2, 0) is 16.4 Å². The quantitative estimate of drug-likeness (QED) is 0.702. The second-order valence-electron chi connectivity index (χ2n) is 5.79. The summed E-state index contributed by atoms with van der Waals surface area (Å²) in [5, 5.41) is 3.79. The highest BCUT2D eigenvalue weighted by Crippen LogP contribution is 2.31. The zero-order valence-corrected chi connectivity index (χ0v) is 14.4. The fraction of sp³-hybridized carbons (Fsp3) is 0.250. The molecule has 3 heterocycles. The first-order valence-electron chi connectivity index (χ1n) is 7.56. The maximum atomic E-state index is 12.1. The van der Waals surface area contributed by atoms with Gasteiger partial charge in [-0.1, -0.05) is 5.16 Å². The Kier molecular flexibility index (Phi) is 3.62. The molecule has 0 unspecified atom stereocenters. The van der Waals surface area contributed by atoms with Crippen LogP contribution < -0.4 is 4.74 Å². The lowest BCUT2D eigenvalue weighted by Gasteiger charge is -2.06. The summed E-state index contributed by atoms with van der Waals surface area (Å²) >= 11 is 0. The summed E-state index contributed by atoms with van der Waals surface area (Å²) in [6, 6.07) is 7.07. The molecule has 1 aliphatic rings. The first-order chi connectivity index (χ1) is 11.9. The summed E-state index contributed by atoms with van der Waals surface area (Å²) in [5.41, 5.74) is 2.32. The molecule has 0 radical (unpaired) electrons. The van der Waals surface area contributed by atoms with Crippen LogP contribution in [0.15, 0.2) is 44.6 Å². The molecule has 1 aromatic carbocycles. The summed E-state index contributed by atoms with van der Waals surface area (Å²) < 4.78 is 41.1. The first-order valence-corrected chi connectivity index (χ1v) is 9.00. The molecule has 0 atom stereocenters.